The first kappa shape index (κ1) is 21.0. The van der Waals surface area contributed by atoms with Gasteiger partial charge in [-0.3, -0.25) is 0 Å². The van der Waals surface area contributed by atoms with E-state index in [4.69, 9.17) is 19.4 Å². The fourth-order valence-electron chi connectivity index (χ4n) is 2.79. The molecule has 3 aromatic rings. The van der Waals surface area contributed by atoms with Crippen molar-refractivity contribution in [3.05, 3.63) is 41.0 Å². The third kappa shape index (κ3) is 5.03. The van der Waals surface area contributed by atoms with Crippen LogP contribution in [-0.2, 0) is 0 Å². The van der Waals surface area contributed by atoms with Gasteiger partial charge in [0.25, 0.3) is 0 Å². The van der Waals surface area contributed by atoms with Crippen LogP contribution >= 0.6 is 11.3 Å². The van der Waals surface area contributed by atoms with Gasteiger partial charge in [-0.25, -0.2) is 15.0 Å². The van der Waals surface area contributed by atoms with Crippen LogP contribution in [0.5, 0.6) is 11.5 Å². The zero-order valence-corrected chi connectivity index (χ0v) is 17.6. The molecule has 0 bridgehead atoms. The molecule has 2 N–H and O–H groups in total. The number of methoxy groups -OCH3 is 1. The molecule has 152 valence electrons. The van der Waals surface area contributed by atoms with Gasteiger partial charge >= 0.3 is 7.32 Å². The first-order valence-corrected chi connectivity index (χ1v) is 9.98. The fourth-order valence-corrected chi connectivity index (χ4v) is 3.78. The number of rotatable bonds is 8. The van der Waals surface area contributed by atoms with E-state index in [1.165, 1.54) is 7.11 Å². The lowest BCUT2D eigenvalue weighted by atomic mass is 10.2. The number of benzene rings is 1. The fraction of sp³-hybridized carbons (Fsp3) is 0.316. The molecule has 0 aliphatic carbocycles. The number of hydrogen-bond donors (Lipinski definition) is 2. The predicted octanol–water partition coefficient (Wildman–Crippen LogP) is 2.85. The van der Waals surface area contributed by atoms with Crippen molar-refractivity contribution >= 4 is 40.9 Å². The summed E-state index contributed by atoms with van der Waals surface area (Å²) >= 11 is 1.61. The van der Waals surface area contributed by atoms with E-state index in [1.807, 2.05) is 11.9 Å². The van der Waals surface area contributed by atoms with Crippen molar-refractivity contribution in [2.75, 3.05) is 18.7 Å². The van der Waals surface area contributed by atoms with E-state index in [1.54, 1.807) is 42.1 Å². The molecule has 0 spiro atoms. The van der Waals surface area contributed by atoms with Crippen LogP contribution in [-0.4, -0.2) is 47.2 Å². The highest BCUT2D eigenvalue weighted by Gasteiger charge is 2.17. The summed E-state index contributed by atoms with van der Waals surface area (Å²) < 4.78 is 11.2. The summed E-state index contributed by atoms with van der Waals surface area (Å²) in [5, 5.41) is 26.6. The van der Waals surface area contributed by atoms with Crippen molar-refractivity contribution in [3.63, 3.8) is 0 Å². The van der Waals surface area contributed by atoms with E-state index in [9.17, 15) is 0 Å². The monoisotopic (exact) mass is 414 g/mol. The second kappa shape index (κ2) is 9.21. The molecule has 1 aromatic carbocycles. The van der Waals surface area contributed by atoms with Crippen molar-refractivity contribution in [1.29, 1.82) is 0 Å². The van der Waals surface area contributed by atoms with Crippen LogP contribution in [0.4, 0.5) is 5.82 Å². The number of hydrazone groups is 1. The Bertz CT molecular complexity index is 1010. The summed E-state index contributed by atoms with van der Waals surface area (Å²) in [6.07, 6.45) is 3.27. The molecule has 3 rings (SSSR count). The molecule has 0 radical (unpaired) electrons. The summed E-state index contributed by atoms with van der Waals surface area (Å²) in [6.45, 7) is 6.96. The minimum absolute atomic E-state index is 0.227. The van der Waals surface area contributed by atoms with Gasteiger partial charge in [-0.15, -0.1) is 11.3 Å². The van der Waals surface area contributed by atoms with Gasteiger partial charge in [0, 0.05) is 6.54 Å². The average Bonchev–Trinajstić information content (AvgIpc) is 3.06. The molecule has 29 heavy (non-hydrogen) atoms. The highest BCUT2D eigenvalue weighted by Crippen LogP contribution is 2.32. The molecule has 2 aromatic heterocycles. The molecule has 0 unspecified atom stereocenters. The van der Waals surface area contributed by atoms with Crippen LogP contribution in [0.1, 0.15) is 25.0 Å². The number of fused-ring (bicyclic) bond motifs is 1. The Kier molecular flexibility index (Phi) is 6.68. The molecular weight excluding hydrogens is 391 g/mol. The zero-order valence-electron chi connectivity index (χ0n) is 16.7. The SMILES string of the molecule is COc1cc(/C=N/N(CC(C)C)c2ncnc3c(C)csc23)ccc1OB(O)O. The van der Waals surface area contributed by atoms with E-state index in [2.05, 4.69) is 34.3 Å². The number of nitrogens with zero attached hydrogens (tertiary/aromatic N) is 4. The van der Waals surface area contributed by atoms with Crippen molar-refractivity contribution in [2.24, 2.45) is 11.0 Å². The van der Waals surface area contributed by atoms with Gasteiger partial charge in [-0.05, 0) is 47.5 Å². The van der Waals surface area contributed by atoms with E-state index >= 15 is 0 Å². The Hall–Kier alpha value is -2.69. The Labute approximate surface area is 173 Å². The van der Waals surface area contributed by atoms with Gasteiger partial charge in [-0.1, -0.05) is 13.8 Å². The first-order chi connectivity index (χ1) is 13.9. The summed E-state index contributed by atoms with van der Waals surface area (Å²) in [5.74, 6) is 1.74. The molecule has 0 amide bonds. The summed E-state index contributed by atoms with van der Waals surface area (Å²) in [6, 6.07) is 5.06. The van der Waals surface area contributed by atoms with E-state index < -0.39 is 7.32 Å². The van der Waals surface area contributed by atoms with Gasteiger partial charge in [-0.2, -0.15) is 5.10 Å². The van der Waals surface area contributed by atoms with Crippen LogP contribution in [0.15, 0.2) is 35.0 Å². The Morgan fingerprint density at radius 2 is 2.07 bits per heavy atom. The number of aromatic nitrogens is 2. The van der Waals surface area contributed by atoms with E-state index in [-0.39, 0.29) is 5.75 Å². The molecule has 8 nitrogen and oxygen atoms in total. The molecule has 2 heterocycles. The predicted molar refractivity (Wildman–Crippen MR) is 116 cm³/mol. The minimum Gasteiger partial charge on any atom is -0.509 e. The van der Waals surface area contributed by atoms with E-state index in [0.29, 0.717) is 18.2 Å². The molecule has 0 saturated heterocycles. The molecule has 0 fully saturated rings. The van der Waals surface area contributed by atoms with Crippen LogP contribution in [0.3, 0.4) is 0 Å². The lowest BCUT2D eigenvalue weighted by molar-refractivity contribution is 0.279. The molecule has 10 heteroatoms. The molecule has 0 aliphatic rings. The second-order valence-electron chi connectivity index (χ2n) is 6.87. The summed E-state index contributed by atoms with van der Waals surface area (Å²) in [7, 11) is -0.436. The Morgan fingerprint density at radius 3 is 2.76 bits per heavy atom. The maximum atomic E-state index is 9.00. The van der Waals surface area contributed by atoms with E-state index in [0.717, 1.165) is 27.2 Å². The van der Waals surface area contributed by atoms with Crippen molar-refractivity contribution < 1.29 is 19.4 Å². The third-order valence-electron chi connectivity index (χ3n) is 4.06. The minimum atomic E-state index is -1.92. The van der Waals surface area contributed by atoms with Gasteiger partial charge in [0.2, 0.25) is 0 Å². The van der Waals surface area contributed by atoms with Crippen LogP contribution in [0.25, 0.3) is 10.2 Å². The second-order valence-corrected chi connectivity index (χ2v) is 7.75. The van der Waals surface area contributed by atoms with Crippen LogP contribution < -0.4 is 14.4 Å². The Morgan fingerprint density at radius 1 is 1.28 bits per heavy atom. The normalized spacial score (nSPS) is 11.4. The lowest BCUT2D eigenvalue weighted by Crippen LogP contribution is -2.23. The van der Waals surface area contributed by atoms with Gasteiger partial charge in [0.1, 0.15) is 12.1 Å². The number of ether oxygens (including phenoxy) is 1. The maximum Gasteiger partial charge on any atom is 0.707 e. The quantitative estimate of drug-likeness (QED) is 0.332. The number of aryl methyl sites for hydroxylation is 1. The number of hydrogen-bond acceptors (Lipinski definition) is 9. The molecule has 0 atom stereocenters. The molecule has 0 saturated carbocycles. The molecule has 0 aliphatic heterocycles. The largest absolute Gasteiger partial charge is 0.707 e. The highest BCUT2D eigenvalue weighted by molar-refractivity contribution is 7.18. The third-order valence-corrected chi connectivity index (χ3v) is 5.14. The van der Waals surface area contributed by atoms with Gasteiger partial charge in [0.05, 0.1) is 23.5 Å². The molecular formula is C19H23BN4O4S. The zero-order chi connectivity index (χ0) is 21.0. The van der Waals surface area contributed by atoms with Crippen LogP contribution in [0.2, 0.25) is 0 Å². The van der Waals surface area contributed by atoms with Crippen LogP contribution in [0, 0.1) is 12.8 Å². The first-order valence-electron chi connectivity index (χ1n) is 9.10. The standard InChI is InChI=1S/C19H23BN4O4S/c1-12(2)9-24(19-18-17(21-11-22-19)13(3)10-29-18)23-8-14-5-6-15(28-20(25)26)16(7-14)27-4/h5-8,10-12,25-26H,9H2,1-4H3/b23-8+. The van der Waals surface area contributed by atoms with Gasteiger partial charge in [0.15, 0.2) is 11.6 Å². The summed E-state index contributed by atoms with van der Waals surface area (Å²) in [5.41, 5.74) is 2.83. The highest BCUT2D eigenvalue weighted by atomic mass is 32.1. The van der Waals surface area contributed by atoms with Crippen molar-refractivity contribution in [1.82, 2.24) is 9.97 Å². The summed E-state index contributed by atoms with van der Waals surface area (Å²) in [4.78, 5) is 8.86. The van der Waals surface area contributed by atoms with Gasteiger partial charge < -0.3 is 19.4 Å². The van der Waals surface area contributed by atoms with Crippen molar-refractivity contribution in [2.45, 2.75) is 20.8 Å². The number of thiophene rings is 1. The lowest BCUT2D eigenvalue weighted by Gasteiger charge is -2.20. The maximum absolute atomic E-state index is 9.00. The topological polar surface area (TPSA) is 100 Å². The average molecular weight is 414 g/mol. The Balaban J connectivity index is 1.93. The van der Waals surface area contributed by atoms with Crippen molar-refractivity contribution in [3.8, 4) is 11.5 Å². The smallest absolute Gasteiger partial charge is 0.509 e. The number of anilines is 1.